The molecule has 1 rings (SSSR count). The minimum absolute atomic E-state index is 0.00870. The van der Waals surface area contributed by atoms with E-state index in [0.717, 1.165) is 12.8 Å². The molecule has 0 aromatic carbocycles. The Balaban J connectivity index is 2.71. The standard InChI is InChI=1S/C11H14N4O3/c1-18-7-3-2-5-13-11-10(15(16)17)9(8-12)4-6-14-11/h4,6H,2-3,5,7H2,1H3,(H,13,14). The van der Waals surface area contributed by atoms with Crippen LogP contribution in [0.25, 0.3) is 0 Å². The van der Waals surface area contributed by atoms with Gasteiger partial charge in [0.15, 0.2) is 0 Å². The summed E-state index contributed by atoms with van der Waals surface area (Å²) in [5, 5.41) is 22.6. The van der Waals surface area contributed by atoms with Gasteiger partial charge in [-0.2, -0.15) is 5.26 Å². The van der Waals surface area contributed by atoms with Crippen LogP contribution in [0.3, 0.4) is 0 Å². The van der Waals surface area contributed by atoms with E-state index in [1.165, 1.54) is 12.3 Å². The first-order chi connectivity index (χ1) is 8.70. The van der Waals surface area contributed by atoms with Crippen LogP contribution in [0.4, 0.5) is 11.5 Å². The van der Waals surface area contributed by atoms with Crippen LogP contribution in [0, 0.1) is 21.4 Å². The van der Waals surface area contributed by atoms with Gasteiger partial charge in [0, 0.05) is 26.5 Å². The highest BCUT2D eigenvalue weighted by Gasteiger charge is 2.20. The van der Waals surface area contributed by atoms with E-state index in [2.05, 4.69) is 10.3 Å². The van der Waals surface area contributed by atoms with Crippen molar-refractivity contribution in [1.82, 2.24) is 4.98 Å². The van der Waals surface area contributed by atoms with E-state index >= 15 is 0 Å². The number of pyridine rings is 1. The van der Waals surface area contributed by atoms with Gasteiger partial charge in [-0.25, -0.2) is 4.98 Å². The molecule has 0 bridgehead atoms. The molecule has 0 atom stereocenters. The van der Waals surface area contributed by atoms with E-state index in [9.17, 15) is 10.1 Å². The number of anilines is 1. The average Bonchev–Trinajstić information content (AvgIpc) is 2.37. The Kier molecular flexibility index (Phi) is 5.54. The first kappa shape index (κ1) is 13.9. The van der Waals surface area contributed by atoms with Crippen molar-refractivity contribution in [1.29, 1.82) is 5.26 Å². The van der Waals surface area contributed by atoms with Crippen molar-refractivity contribution in [2.75, 3.05) is 25.6 Å². The zero-order valence-corrected chi connectivity index (χ0v) is 10.0. The Bertz CT molecular complexity index is 456. The molecule has 1 heterocycles. The summed E-state index contributed by atoms with van der Waals surface area (Å²) in [5.41, 5.74) is -0.263. The Hall–Kier alpha value is -2.20. The summed E-state index contributed by atoms with van der Waals surface area (Å²) in [6.45, 7) is 1.20. The summed E-state index contributed by atoms with van der Waals surface area (Å²) in [4.78, 5) is 14.2. The summed E-state index contributed by atoms with van der Waals surface area (Å²) in [7, 11) is 1.62. The van der Waals surface area contributed by atoms with Crippen LogP contribution in [0.5, 0.6) is 0 Å². The van der Waals surface area contributed by atoms with Gasteiger partial charge in [0.2, 0.25) is 5.82 Å². The van der Waals surface area contributed by atoms with E-state index in [1.807, 2.05) is 0 Å². The molecule has 0 saturated heterocycles. The number of nitro groups is 1. The van der Waals surface area contributed by atoms with Crippen LogP contribution >= 0.6 is 0 Å². The van der Waals surface area contributed by atoms with E-state index in [-0.39, 0.29) is 17.1 Å². The molecule has 7 nitrogen and oxygen atoms in total. The van der Waals surface area contributed by atoms with Crippen LogP contribution < -0.4 is 5.32 Å². The van der Waals surface area contributed by atoms with E-state index in [0.29, 0.717) is 13.2 Å². The summed E-state index contributed by atoms with van der Waals surface area (Å²) < 4.78 is 4.90. The number of nitrogens with zero attached hydrogens (tertiary/aromatic N) is 3. The van der Waals surface area contributed by atoms with Crippen LogP contribution in [0.15, 0.2) is 12.3 Å². The SMILES string of the molecule is COCCCCNc1nccc(C#N)c1[N+](=O)[O-]. The van der Waals surface area contributed by atoms with Crippen molar-refractivity contribution in [2.24, 2.45) is 0 Å². The van der Waals surface area contributed by atoms with Gasteiger partial charge in [-0.1, -0.05) is 0 Å². The van der Waals surface area contributed by atoms with Crippen molar-refractivity contribution in [3.63, 3.8) is 0 Å². The van der Waals surface area contributed by atoms with Crippen molar-refractivity contribution < 1.29 is 9.66 Å². The molecule has 0 saturated carbocycles. The molecule has 1 N–H and O–H groups in total. The van der Waals surface area contributed by atoms with E-state index < -0.39 is 4.92 Å². The zero-order valence-electron chi connectivity index (χ0n) is 10.0. The summed E-state index contributed by atoms with van der Waals surface area (Å²) in [5.74, 6) is 0.136. The zero-order chi connectivity index (χ0) is 13.4. The minimum atomic E-state index is -0.594. The fourth-order valence-corrected chi connectivity index (χ4v) is 1.44. The lowest BCUT2D eigenvalue weighted by Gasteiger charge is -2.06. The third-order valence-corrected chi connectivity index (χ3v) is 2.29. The molecule has 0 spiro atoms. The molecule has 0 aliphatic carbocycles. The van der Waals surface area contributed by atoms with Gasteiger partial charge in [-0.05, 0) is 18.9 Å². The van der Waals surface area contributed by atoms with Gasteiger partial charge in [-0.15, -0.1) is 0 Å². The number of nitrogens with one attached hydrogen (secondary N) is 1. The summed E-state index contributed by atoms with van der Waals surface area (Å²) in [6.07, 6.45) is 3.04. The van der Waals surface area contributed by atoms with Gasteiger partial charge in [0.1, 0.15) is 11.6 Å². The Morgan fingerprint density at radius 2 is 2.39 bits per heavy atom. The van der Waals surface area contributed by atoms with Gasteiger partial charge < -0.3 is 10.1 Å². The molecule has 0 fully saturated rings. The molecule has 18 heavy (non-hydrogen) atoms. The highest BCUT2D eigenvalue weighted by atomic mass is 16.6. The smallest absolute Gasteiger partial charge is 0.328 e. The highest BCUT2D eigenvalue weighted by molar-refractivity contribution is 5.63. The van der Waals surface area contributed by atoms with Crippen molar-refractivity contribution in [3.05, 3.63) is 27.9 Å². The third kappa shape index (κ3) is 3.68. The van der Waals surface area contributed by atoms with Crippen molar-refractivity contribution >= 4 is 11.5 Å². The van der Waals surface area contributed by atoms with Crippen LogP contribution in [0.2, 0.25) is 0 Å². The predicted octanol–water partition coefficient (Wildman–Crippen LogP) is 1.70. The molecule has 96 valence electrons. The van der Waals surface area contributed by atoms with Gasteiger partial charge in [-0.3, -0.25) is 10.1 Å². The van der Waals surface area contributed by atoms with Crippen molar-refractivity contribution in [3.8, 4) is 6.07 Å². The first-order valence-corrected chi connectivity index (χ1v) is 5.47. The topological polar surface area (TPSA) is 101 Å². The molecule has 0 unspecified atom stereocenters. The number of ether oxygens (including phenoxy) is 1. The third-order valence-electron chi connectivity index (χ3n) is 2.29. The second-order valence-electron chi connectivity index (χ2n) is 3.55. The van der Waals surface area contributed by atoms with Gasteiger partial charge >= 0.3 is 5.69 Å². The molecular weight excluding hydrogens is 236 g/mol. The average molecular weight is 250 g/mol. The maximum atomic E-state index is 10.9. The number of hydrogen-bond donors (Lipinski definition) is 1. The fraction of sp³-hybridized carbons (Fsp3) is 0.455. The van der Waals surface area contributed by atoms with Crippen molar-refractivity contribution in [2.45, 2.75) is 12.8 Å². The number of hydrogen-bond acceptors (Lipinski definition) is 6. The molecule has 0 amide bonds. The second kappa shape index (κ2) is 7.19. The first-order valence-electron chi connectivity index (χ1n) is 5.47. The van der Waals surface area contributed by atoms with E-state index in [1.54, 1.807) is 13.2 Å². The molecule has 1 aromatic rings. The molecule has 0 aliphatic heterocycles. The number of nitriles is 1. The highest BCUT2D eigenvalue weighted by Crippen LogP contribution is 2.25. The number of rotatable bonds is 7. The maximum Gasteiger partial charge on any atom is 0.328 e. The molecular formula is C11H14N4O3. The quantitative estimate of drug-likeness (QED) is 0.449. The summed E-state index contributed by atoms with van der Waals surface area (Å²) >= 11 is 0. The van der Waals surface area contributed by atoms with Gasteiger partial charge in [0.05, 0.1) is 4.92 Å². The number of methoxy groups -OCH3 is 1. The molecule has 0 aliphatic rings. The fourth-order valence-electron chi connectivity index (χ4n) is 1.44. The summed E-state index contributed by atoms with van der Waals surface area (Å²) in [6, 6.07) is 3.11. The molecule has 7 heteroatoms. The largest absolute Gasteiger partial charge is 0.385 e. The number of aromatic nitrogens is 1. The Morgan fingerprint density at radius 1 is 1.61 bits per heavy atom. The maximum absolute atomic E-state index is 10.9. The molecule has 1 aromatic heterocycles. The predicted molar refractivity (Wildman–Crippen MR) is 65.2 cm³/mol. The molecule has 0 radical (unpaired) electrons. The van der Waals surface area contributed by atoms with Crippen LogP contribution in [0.1, 0.15) is 18.4 Å². The Labute approximate surface area is 105 Å². The van der Waals surface area contributed by atoms with E-state index in [4.69, 9.17) is 10.00 Å². The Morgan fingerprint density at radius 3 is 3.00 bits per heavy atom. The number of unbranched alkanes of at least 4 members (excludes halogenated alkanes) is 1. The lowest BCUT2D eigenvalue weighted by atomic mass is 10.2. The minimum Gasteiger partial charge on any atom is -0.385 e. The van der Waals surface area contributed by atoms with Crippen LogP contribution in [-0.4, -0.2) is 30.2 Å². The normalized spacial score (nSPS) is 9.78. The lowest BCUT2D eigenvalue weighted by molar-refractivity contribution is -0.384. The monoisotopic (exact) mass is 250 g/mol. The second-order valence-corrected chi connectivity index (χ2v) is 3.55. The van der Waals surface area contributed by atoms with Gasteiger partial charge in [0.25, 0.3) is 0 Å². The lowest BCUT2D eigenvalue weighted by Crippen LogP contribution is -2.08. The van der Waals surface area contributed by atoms with Crippen LogP contribution in [-0.2, 0) is 4.74 Å².